The summed E-state index contributed by atoms with van der Waals surface area (Å²) in [6.45, 7) is 2.96. The van der Waals surface area contributed by atoms with Gasteiger partial charge in [0.1, 0.15) is 11.9 Å². The number of hydrogen-bond donors (Lipinski definition) is 1. The largest absolute Gasteiger partial charge is 0.497 e. The smallest absolute Gasteiger partial charge is 0.252 e. The van der Waals surface area contributed by atoms with Crippen LogP contribution in [0, 0.1) is 0 Å². The van der Waals surface area contributed by atoms with E-state index < -0.39 is 6.10 Å². The first kappa shape index (κ1) is 16.3. The van der Waals surface area contributed by atoms with Crippen LogP contribution in [0.2, 0.25) is 0 Å². The first-order valence-corrected chi connectivity index (χ1v) is 7.48. The summed E-state index contributed by atoms with van der Waals surface area (Å²) in [5, 5.41) is 2.77. The third kappa shape index (κ3) is 4.21. The van der Waals surface area contributed by atoms with Crippen LogP contribution >= 0.6 is 0 Å². The van der Waals surface area contributed by atoms with Crippen molar-refractivity contribution in [2.45, 2.75) is 25.9 Å². The highest BCUT2D eigenvalue weighted by Gasteiger charge is 2.28. The van der Waals surface area contributed by atoms with Gasteiger partial charge in [-0.2, -0.15) is 0 Å². The molecule has 0 aromatic heterocycles. The zero-order valence-corrected chi connectivity index (χ0v) is 13.0. The lowest BCUT2D eigenvalue weighted by Gasteiger charge is -2.23. The molecule has 1 aromatic carbocycles. The van der Waals surface area contributed by atoms with Crippen molar-refractivity contribution in [3.8, 4) is 5.75 Å². The number of anilines is 1. The molecule has 2 rings (SSSR count). The van der Waals surface area contributed by atoms with Crippen LogP contribution < -0.4 is 10.1 Å². The molecule has 2 amide bonds. The van der Waals surface area contributed by atoms with Crippen LogP contribution in [0.4, 0.5) is 5.69 Å². The summed E-state index contributed by atoms with van der Waals surface area (Å²) in [5.74, 6) is 0.322. The summed E-state index contributed by atoms with van der Waals surface area (Å²) in [6.07, 6.45) is 1.22. The fourth-order valence-corrected chi connectivity index (χ4v) is 2.40. The van der Waals surface area contributed by atoms with E-state index in [2.05, 4.69) is 5.32 Å². The van der Waals surface area contributed by atoms with E-state index in [4.69, 9.17) is 9.47 Å². The molecule has 0 unspecified atom stereocenters. The fourth-order valence-electron chi connectivity index (χ4n) is 2.40. The molecule has 1 atom stereocenters. The zero-order chi connectivity index (χ0) is 15.9. The zero-order valence-electron chi connectivity index (χ0n) is 13.0. The topological polar surface area (TPSA) is 67.9 Å². The molecule has 0 saturated carbocycles. The maximum atomic E-state index is 12.3. The molecule has 1 aromatic rings. The summed E-state index contributed by atoms with van der Waals surface area (Å²) in [4.78, 5) is 25.9. The summed E-state index contributed by atoms with van der Waals surface area (Å²) >= 11 is 0. The summed E-state index contributed by atoms with van der Waals surface area (Å²) in [5.41, 5.74) is 0.643. The summed E-state index contributed by atoms with van der Waals surface area (Å²) < 4.78 is 10.5. The highest BCUT2D eigenvalue weighted by molar-refractivity contribution is 5.95. The number of nitrogens with one attached hydrogen (secondary N) is 1. The number of amides is 2. The monoisotopic (exact) mass is 306 g/mol. The maximum Gasteiger partial charge on any atom is 0.252 e. The Balaban J connectivity index is 1.92. The van der Waals surface area contributed by atoms with Gasteiger partial charge in [0.25, 0.3) is 5.91 Å². The Bertz CT molecular complexity index is 527. The number of benzene rings is 1. The van der Waals surface area contributed by atoms with Crippen LogP contribution in [0.1, 0.15) is 19.8 Å². The Kier molecular flexibility index (Phi) is 5.77. The van der Waals surface area contributed by atoms with E-state index in [1.807, 2.05) is 6.92 Å². The van der Waals surface area contributed by atoms with Crippen molar-refractivity contribution in [3.05, 3.63) is 24.3 Å². The van der Waals surface area contributed by atoms with Gasteiger partial charge in [0, 0.05) is 24.9 Å². The minimum Gasteiger partial charge on any atom is -0.497 e. The van der Waals surface area contributed by atoms with Gasteiger partial charge < -0.3 is 19.7 Å². The van der Waals surface area contributed by atoms with Gasteiger partial charge in [-0.15, -0.1) is 0 Å². The van der Waals surface area contributed by atoms with Crippen molar-refractivity contribution in [3.63, 3.8) is 0 Å². The lowest BCUT2D eigenvalue weighted by molar-refractivity contribution is -0.142. The van der Waals surface area contributed by atoms with Crippen molar-refractivity contribution in [2.24, 2.45) is 0 Å². The molecule has 1 aliphatic heterocycles. The number of methoxy groups -OCH3 is 1. The van der Waals surface area contributed by atoms with Gasteiger partial charge in [-0.25, -0.2) is 0 Å². The third-order valence-electron chi connectivity index (χ3n) is 3.59. The highest BCUT2D eigenvalue weighted by atomic mass is 16.5. The third-order valence-corrected chi connectivity index (χ3v) is 3.59. The number of carbonyl (C=O) groups excluding carboxylic acids is 2. The van der Waals surface area contributed by atoms with E-state index >= 15 is 0 Å². The van der Waals surface area contributed by atoms with Crippen molar-refractivity contribution in [1.29, 1.82) is 0 Å². The van der Waals surface area contributed by atoms with Crippen molar-refractivity contribution < 1.29 is 19.1 Å². The van der Waals surface area contributed by atoms with Crippen molar-refractivity contribution in [1.82, 2.24) is 4.90 Å². The Morgan fingerprint density at radius 2 is 2.27 bits per heavy atom. The summed E-state index contributed by atoms with van der Waals surface area (Å²) in [7, 11) is 1.57. The normalized spacial score (nSPS) is 17.1. The van der Waals surface area contributed by atoms with E-state index in [-0.39, 0.29) is 18.4 Å². The van der Waals surface area contributed by atoms with Gasteiger partial charge in [0.15, 0.2) is 0 Å². The van der Waals surface area contributed by atoms with E-state index in [1.54, 1.807) is 31.4 Å². The van der Waals surface area contributed by atoms with Crippen LogP contribution in [0.25, 0.3) is 0 Å². The average Bonchev–Trinajstić information content (AvgIpc) is 3.06. The standard InChI is InChI=1S/C16H22N2O4/c1-3-18(16(20)14-8-5-9-22-14)11-15(19)17-12-6-4-7-13(10-12)21-2/h4,6-7,10,14H,3,5,8-9,11H2,1-2H3,(H,17,19)/t14-/m0/s1. The molecule has 1 fully saturated rings. The second kappa shape index (κ2) is 7.79. The highest BCUT2D eigenvalue weighted by Crippen LogP contribution is 2.17. The second-order valence-electron chi connectivity index (χ2n) is 5.13. The van der Waals surface area contributed by atoms with Gasteiger partial charge in [-0.05, 0) is 31.9 Å². The van der Waals surface area contributed by atoms with Crippen molar-refractivity contribution >= 4 is 17.5 Å². The Labute approximate surface area is 130 Å². The molecule has 1 N–H and O–H groups in total. The number of ether oxygens (including phenoxy) is 2. The van der Waals surface area contributed by atoms with Gasteiger partial charge in [-0.3, -0.25) is 9.59 Å². The average molecular weight is 306 g/mol. The number of rotatable bonds is 6. The lowest BCUT2D eigenvalue weighted by atomic mass is 10.2. The number of likely N-dealkylation sites (N-methyl/N-ethyl adjacent to an activating group) is 1. The Hall–Kier alpha value is -2.08. The number of carbonyl (C=O) groups is 2. The lowest BCUT2D eigenvalue weighted by Crippen LogP contribution is -2.43. The van der Waals surface area contributed by atoms with E-state index in [0.717, 1.165) is 12.8 Å². The van der Waals surface area contributed by atoms with Crippen LogP contribution in [-0.4, -0.2) is 49.6 Å². The SMILES string of the molecule is CCN(CC(=O)Nc1cccc(OC)c1)C(=O)[C@@H]1CCCO1. The molecule has 6 nitrogen and oxygen atoms in total. The predicted octanol–water partition coefficient (Wildman–Crippen LogP) is 1.66. The van der Waals surface area contributed by atoms with Crippen LogP contribution in [0.15, 0.2) is 24.3 Å². The quantitative estimate of drug-likeness (QED) is 0.868. The molecule has 6 heteroatoms. The molecule has 1 saturated heterocycles. The molecule has 120 valence electrons. The Morgan fingerprint density at radius 1 is 1.45 bits per heavy atom. The van der Waals surface area contributed by atoms with Crippen LogP contribution in [-0.2, 0) is 14.3 Å². The first-order chi connectivity index (χ1) is 10.6. The van der Waals surface area contributed by atoms with Gasteiger partial charge in [0.05, 0.1) is 13.7 Å². The van der Waals surface area contributed by atoms with Gasteiger partial charge in [-0.1, -0.05) is 6.07 Å². The molecule has 22 heavy (non-hydrogen) atoms. The van der Waals surface area contributed by atoms with Gasteiger partial charge in [0.2, 0.25) is 5.91 Å². The van der Waals surface area contributed by atoms with Crippen LogP contribution in [0.5, 0.6) is 5.75 Å². The molecular weight excluding hydrogens is 284 g/mol. The van der Waals surface area contributed by atoms with Crippen LogP contribution in [0.3, 0.4) is 0 Å². The molecule has 0 radical (unpaired) electrons. The van der Waals surface area contributed by atoms with E-state index in [9.17, 15) is 9.59 Å². The molecule has 0 aliphatic carbocycles. The minimum absolute atomic E-state index is 0.0202. The Morgan fingerprint density at radius 3 is 2.91 bits per heavy atom. The molecule has 1 aliphatic rings. The van der Waals surface area contributed by atoms with Crippen molar-refractivity contribution in [2.75, 3.05) is 32.1 Å². The number of nitrogens with zero attached hydrogens (tertiary/aromatic N) is 1. The van der Waals surface area contributed by atoms with E-state index in [0.29, 0.717) is 24.6 Å². The fraction of sp³-hybridized carbons (Fsp3) is 0.500. The first-order valence-electron chi connectivity index (χ1n) is 7.48. The molecular formula is C16H22N2O4. The minimum atomic E-state index is -0.399. The number of hydrogen-bond acceptors (Lipinski definition) is 4. The molecule has 0 spiro atoms. The second-order valence-corrected chi connectivity index (χ2v) is 5.13. The molecule has 1 heterocycles. The maximum absolute atomic E-state index is 12.3. The summed E-state index contributed by atoms with van der Waals surface area (Å²) in [6, 6.07) is 7.10. The molecule has 0 bridgehead atoms. The van der Waals surface area contributed by atoms with E-state index in [1.165, 1.54) is 4.90 Å². The van der Waals surface area contributed by atoms with Gasteiger partial charge >= 0.3 is 0 Å². The predicted molar refractivity (Wildman–Crippen MR) is 82.9 cm³/mol.